The zero-order valence-corrected chi connectivity index (χ0v) is 12.1. The smallest absolute Gasteiger partial charge is 0.255 e. The van der Waals surface area contributed by atoms with Crippen molar-refractivity contribution in [2.45, 2.75) is 25.8 Å². The van der Waals surface area contributed by atoms with E-state index in [1.165, 1.54) is 11.1 Å². The van der Waals surface area contributed by atoms with E-state index in [4.69, 9.17) is 4.74 Å². The highest BCUT2D eigenvalue weighted by atomic mass is 16.5. The van der Waals surface area contributed by atoms with Gasteiger partial charge in [-0.15, -0.1) is 0 Å². The van der Waals surface area contributed by atoms with E-state index in [2.05, 4.69) is 17.4 Å². The molecule has 0 fully saturated rings. The maximum atomic E-state index is 12.5. The van der Waals surface area contributed by atoms with Crippen LogP contribution in [0.2, 0.25) is 0 Å². The first-order valence-electron chi connectivity index (χ1n) is 7.40. The van der Waals surface area contributed by atoms with Crippen LogP contribution in [0.25, 0.3) is 0 Å². The molecule has 1 unspecified atom stereocenters. The van der Waals surface area contributed by atoms with Gasteiger partial charge >= 0.3 is 0 Å². The number of fused-ring (bicyclic) bond motifs is 1. The second-order valence-electron chi connectivity index (χ2n) is 5.19. The Balaban J connectivity index is 1.79. The van der Waals surface area contributed by atoms with E-state index in [1.807, 2.05) is 37.3 Å². The molecule has 0 saturated carbocycles. The third-order valence-electron chi connectivity index (χ3n) is 3.87. The minimum atomic E-state index is -0.0687. The van der Waals surface area contributed by atoms with Gasteiger partial charge in [-0.05, 0) is 43.0 Å². The summed E-state index contributed by atoms with van der Waals surface area (Å²) in [4.78, 5) is 12.5. The number of para-hydroxylation sites is 1. The first-order chi connectivity index (χ1) is 10.3. The lowest BCUT2D eigenvalue weighted by atomic mass is 10.1. The Morgan fingerprint density at radius 2 is 1.95 bits per heavy atom. The summed E-state index contributed by atoms with van der Waals surface area (Å²) in [6.45, 7) is 2.47. The first-order valence-corrected chi connectivity index (χ1v) is 7.40. The first kappa shape index (κ1) is 13.7. The molecule has 1 amide bonds. The van der Waals surface area contributed by atoms with E-state index in [0.29, 0.717) is 17.9 Å². The predicted molar refractivity (Wildman–Crippen MR) is 82.6 cm³/mol. The summed E-state index contributed by atoms with van der Waals surface area (Å²) in [6, 6.07) is 15.8. The Kier molecular flexibility index (Phi) is 3.91. The van der Waals surface area contributed by atoms with Gasteiger partial charge in [0, 0.05) is 0 Å². The zero-order valence-electron chi connectivity index (χ0n) is 12.1. The third kappa shape index (κ3) is 2.77. The number of amides is 1. The topological polar surface area (TPSA) is 38.3 Å². The fourth-order valence-electron chi connectivity index (χ4n) is 2.88. The summed E-state index contributed by atoms with van der Waals surface area (Å²) < 4.78 is 5.53. The molecule has 0 aromatic heterocycles. The molecule has 3 heteroatoms. The molecule has 0 aliphatic heterocycles. The number of ether oxygens (including phenoxy) is 1. The van der Waals surface area contributed by atoms with E-state index < -0.39 is 0 Å². The largest absolute Gasteiger partial charge is 0.493 e. The second kappa shape index (κ2) is 6.00. The number of hydrogen-bond acceptors (Lipinski definition) is 2. The van der Waals surface area contributed by atoms with Gasteiger partial charge < -0.3 is 10.1 Å². The Hall–Kier alpha value is -2.29. The standard InChI is InChI=1S/C18H19NO2/c1-2-21-17-10-6-5-9-15(17)18(20)19-16-12-11-13-7-3-4-8-14(13)16/h3-10,16H,2,11-12H2,1H3,(H,19,20). The normalized spacial score (nSPS) is 16.3. The molecule has 0 heterocycles. The number of aryl methyl sites for hydroxylation is 1. The molecule has 0 saturated heterocycles. The Bertz CT molecular complexity index is 651. The molecule has 21 heavy (non-hydrogen) atoms. The minimum Gasteiger partial charge on any atom is -0.493 e. The van der Waals surface area contributed by atoms with Crippen LogP contribution in [0.3, 0.4) is 0 Å². The van der Waals surface area contributed by atoms with Crippen molar-refractivity contribution in [1.29, 1.82) is 0 Å². The van der Waals surface area contributed by atoms with E-state index in [1.54, 1.807) is 6.07 Å². The third-order valence-corrected chi connectivity index (χ3v) is 3.87. The molecule has 0 spiro atoms. The summed E-state index contributed by atoms with van der Waals surface area (Å²) in [5.41, 5.74) is 3.17. The SMILES string of the molecule is CCOc1ccccc1C(=O)NC1CCc2ccccc21. The monoisotopic (exact) mass is 281 g/mol. The van der Waals surface area contributed by atoms with Gasteiger partial charge in [0.05, 0.1) is 18.2 Å². The average molecular weight is 281 g/mol. The fourth-order valence-corrected chi connectivity index (χ4v) is 2.88. The van der Waals surface area contributed by atoms with E-state index in [0.717, 1.165) is 12.8 Å². The maximum Gasteiger partial charge on any atom is 0.255 e. The van der Waals surface area contributed by atoms with Crippen molar-refractivity contribution >= 4 is 5.91 Å². The van der Waals surface area contributed by atoms with Crippen LogP contribution in [0.5, 0.6) is 5.75 Å². The number of benzene rings is 2. The minimum absolute atomic E-state index is 0.0687. The highest BCUT2D eigenvalue weighted by molar-refractivity contribution is 5.97. The molecule has 1 N–H and O–H groups in total. The molecular formula is C18H19NO2. The molecule has 108 valence electrons. The van der Waals surface area contributed by atoms with Crippen LogP contribution in [0.15, 0.2) is 48.5 Å². The Morgan fingerprint density at radius 1 is 1.19 bits per heavy atom. The van der Waals surface area contributed by atoms with Crippen LogP contribution >= 0.6 is 0 Å². The van der Waals surface area contributed by atoms with Gasteiger partial charge in [-0.1, -0.05) is 36.4 Å². The summed E-state index contributed by atoms with van der Waals surface area (Å²) in [6.07, 6.45) is 1.98. The zero-order chi connectivity index (χ0) is 14.7. The summed E-state index contributed by atoms with van der Waals surface area (Å²) in [5.74, 6) is 0.574. The Labute approximate surface area is 124 Å². The van der Waals surface area contributed by atoms with Gasteiger partial charge in [-0.3, -0.25) is 4.79 Å². The quantitative estimate of drug-likeness (QED) is 0.931. The van der Waals surface area contributed by atoms with Crippen LogP contribution in [-0.4, -0.2) is 12.5 Å². The van der Waals surface area contributed by atoms with Crippen LogP contribution in [-0.2, 0) is 6.42 Å². The van der Waals surface area contributed by atoms with Gasteiger partial charge in [-0.2, -0.15) is 0 Å². The predicted octanol–water partition coefficient (Wildman–Crippen LogP) is 3.50. The van der Waals surface area contributed by atoms with E-state index >= 15 is 0 Å². The van der Waals surface area contributed by atoms with E-state index in [9.17, 15) is 4.79 Å². The number of rotatable bonds is 4. The van der Waals surface area contributed by atoms with Crippen molar-refractivity contribution < 1.29 is 9.53 Å². The summed E-state index contributed by atoms with van der Waals surface area (Å²) in [5, 5.41) is 3.13. The molecule has 3 nitrogen and oxygen atoms in total. The molecule has 1 aliphatic rings. The van der Waals surface area contributed by atoms with E-state index in [-0.39, 0.29) is 11.9 Å². The molecule has 0 bridgehead atoms. The fraction of sp³-hybridized carbons (Fsp3) is 0.278. The molecule has 2 aromatic rings. The number of carbonyl (C=O) groups excluding carboxylic acids is 1. The number of hydrogen-bond donors (Lipinski definition) is 1. The van der Waals surface area contributed by atoms with Crippen molar-refractivity contribution in [2.24, 2.45) is 0 Å². The van der Waals surface area contributed by atoms with Crippen molar-refractivity contribution in [3.63, 3.8) is 0 Å². The summed E-state index contributed by atoms with van der Waals surface area (Å²) >= 11 is 0. The van der Waals surface area contributed by atoms with Gasteiger partial charge in [-0.25, -0.2) is 0 Å². The maximum absolute atomic E-state index is 12.5. The van der Waals surface area contributed by atoms with Gasteiger partial charge in [0.1, 0.15) is 5.75 Å². The summed E-state index contributed by atoms with van der Waals surface area (Å²) in [7, 11) is 0. The van der Waals surface area contributed by atoms with Crippen LogP contribution < -0.4 is 10.1 Å². The van der Waals surface area contributed by atoms with Gasteiger partial charge in [0.15, 0.2) is 0 Å². The molecule has 1 aliphatic carbocycles. The van der Waals surface area contributed by atoms with Gasteiger partial charge in [0.25, 0.3) is 5.91 Å². The van der Waals surface area contributed by atoms with Crippen molar-refractivity contribution in [3.8, 4) is 5.75 Å². The lowest BCUT2D eigenvalue weighted by Crippen LogP contribution is -2.27. The van der Waals surface area contributed by atoms with Crippen LogP contribution in [0.4, 0.5) is 0 Å². The number of carbonyl (C=O) groups is 1. The average Bonchev–Trinajstić information content (AvgIpc) is 2.91. The number of nitrogens with one attached hydrogen (secondary N) is 1. The van der Waals surface area contributed by atoms with Crippen molar-refractivity contribution in [3.05, 3.63) is 65.2 Å². The molecular weight excluding hydrogens is 262 g/mol. The lowest BCUT2D eigenvalue weighted by molar-refractivity contribution is 0.0933. The van der Waals surface area contributed by atoms with Crippen LogP contribution in [0.1, 0.15) is 40.9 Å². The molecule has 3 rings (SSSR count). The second-order valence-corrected chi connectivity index (χ2v) is 5.19. The van der Waals surface area contributed by atoms with Crippen molar-refractivity contribution in [1.82, 2.24) is 5.32 Å². The Morgan fingerprint density at radius 3 is 2.81 bits per heavy atom. The highest BCUT2D eigenvalue weighted by Crippen LogP contribution is 2.31. The van der Waals surface area contributed by atoms with Gasteiger partial charge in [0.2, 0.25) is 0 Å². The van der Waals surface area contributed by atoms with Crippen LogP contribution in [0, 0.1) is 0 Å². The lowest BCUT2D eigenvalue weighted by Gasteiger charge is -2.16. The highest BCUT2D eigenvalue weighted by Gasteiger charge is 2.24. The molecule has 1 atom stereocenters. The molecule has 2 aromatic carbocycles. The molecule has 0 radical (unpaired) electrons. The van der Waals surface area contributed by atoms with Crippen molar-refractivity contribution in [2.75, 3.05) is 6.61 Å².